The van der Waals surface area contributed by atoms with Gasteiger partial charge in [0, 0.05) is 26.8 Å². The van der Waals surface area contributed by atoms with Crippen LogP contribution in [0.5, 0.6) is 5.75 Å². The van der Waals surface area contributed by atoms with E-state index in [-0.39, 0.29) is 24.0 Å². The number of ether oxygens (including phenoxy) is 1. The van der Waals surface area contributed by atoms with Gasteiger partial charge in [-0.2, -0.15) is 13.2 Å². The number of pyridine rings is 1. The second-order valence-electron chi connectivity index (χ2n) is 5.56. The number of nitrogens with one attached hydrogen (secondary N) is 1. The number of rotatable bonds is 6. The molecule has 2 rings (SSSR count). The van der Waals surface area contributed by atoms with Gasteiger partial charge in [0.05, 0.1) is 18.3 Å². The topological polar surface area (TPSA) is 49.8 Å². The van der Waals surface area contributed by atoms with Crippen molar-refractivity contribution in [2.24, 2.45) is 4.99 Å². The average Bonchev–Trinajstić information content (AvgIpc) is 2.62. The average molecular weight is 494 g/mol. The zero-order valence-electron chi connectivity index (χ0n) is 15.0. The van der Waals surface area contributed by atoms with Crippen molar-refractivity contribution in [2.45, 2.75) is 12.7 Å². The summed E-state index contributed by atoms with van der Waals surface area (Å²) in [6.45, 7) is 1.39. The van der Waals surface area contributed by atoms with Gasteiger partial charge in [-0.1, -0.05) is 12.1 Å². The van der Waals surface area contributed by atoms with E-state index in [0.29, 0.717) is 31.4 Å². The summed E-state index contributed by atoms with van der Waals surface area (Å²) in [6.07, 6.45) is -1.02. The van der Waals surface area contributed by atoms with Crippen LogP contribution in [0.25, 0.3) is 0 Å². The van der Waals surface area contributed by atoms with Crippen LogP contribution in [0.15, 0.2) is 53.8 Å². The molecule has 0 spiro atoms. The first-order valence-corrected chi connectivity index (χ1v) is 8.01. The largest absolute Gasteiger partial charge is 0.490 e. The fraction of sp³-hybridized carbons (Fsp3) is 0.333. The minimum atomic E-state index is -4.32. The van der Waals surface area contributed by atoms with Crippen LogP contribution >= 0.6 is 24.0 Å². The normalized spacial score (nSPS) is 11.5. The number of nitrogens with zero attached hydrogens (tertiary/aromatic N) is 3. The number of alkyl halides is 3. The molecule has 1 heterocycles. The van der Waals surface area contributed by atoms with Crippen LogP contribution in [0.3, 0.4) is 0 Å². The number of guanidine groups is 1. The summed E-state index contributed by atoms with van der Waals surface area (Å²) in [6, 6.07) is 8.72. The minimum Gasteiger partial charge on any atom is -0.490 e. The van der Waals surface area contributed by atoms with Gasteiger partial charge in [0.25, 0.3) is 0 Å². The first kappa shape index (κ1) is 23.0. The van der Waals surface area contributed by atoms with Crippen molar-refractivity contribution in [3.05, 3.63) is 59.9 Å². The summed E-state index contributed by atoms with van der Waals surface area (Å²) in [5.41, 5.74) is 0.106. The van der Waals surface area contributed by atoms with Crippen LogP contribution in [0, 0.1) is 0 Å². The summed E-state index contributed by atoms with van der Waals surface area (Å²) in [5, 5.41) is 3.15. The zero-order chi connectivity index (χ0) is 19.0. The summed E-state index contributed by atoms with van der Waals surface area (Å²) in [7, 11) is 3.46. The molecule has 5 nitrogen and oxygen atoms in total. The van der Waals surface area contributed by atoms with Gasteiger partial charge in [-0.3, -0.25) is 9.98 Å². The number of hydrogen-bond donors (Lipinski definition) is 1. The van der Waals surface area contributed by atoms with Crippen molar-refractivity contribution in [1.82, 2.24) is 15.2 Å². The lowest BCUT2D eigenvalue weighted by atomic mass is 10.1. The maximum Gasteiger partial charge on any atom is 0.416 e. The minimum absolute atomic E-state index is 0. The molecule has 0 atom stereocenters. The van der Waals surface area contributed by atoms with Crippen LogP contribution in [0.4, 0.5) is 13.2 Å². The molecule has 0 amide bonds. The smallest absolute Gasteiger partial charge is 0.416 e. The third kappa shape index (κ3) is 7.61. The molecule has 0 fully saturated rings. The van der Waals surface area contributed by atoms with E-state index in [9.17, 15) is 13.2 Å². The number of hydrogen-bond acceptors (Lipinski definition) is 3. The highest BCUT2D eigenvalue weighted by molar-refractivity contribution is 14.0. The van der Waals surface area contributed by atoms with E-state index in [4.69, 9.17) is 4.74 Å². The van der Waals surface area contributed by atoms with E-state index in [1.54, 1.807) is 25.5 Å². The van der Waals surface area contributed by atoms with Gasteiger partial charge in [0.2, 0.25) is 0 Å². The van der Waals surface area contributed by atoms with E-state index >= 15 is 0 Å². The van der Waals surface area contributed by atoms with Crippen molar-refractivity contribution < 1.29 is 17.9 Å². The third-order valence-corrected chi connectivity index (χ3v) is 3.56. The molecular formula is C18H22F3IN4O. The molecule has 0 radical (unpaired) electrons. The Labute approximate surface area is 173 Å². The fourth-order valence-corrected chi connectivity index (χ4v) is 2.30. The second-order valence-corrected chi connectivity index (χ2v) is 5.56. The van der Waals surface area contributed by atoms with Gasteiger partial charge in [-0.05, 0) is 29.8 Å². The van der Waals surface area contributed by atoms with Crippen molar-refractivity contribution in [2.75, 3.05) is 27.2 Å². The highest BCUT2D eigenvalue weighted by Crippen LogP contribution is 2.29. The summed E-state index contributed by atoms with van der Waals surface area (Å²) in [4.78, 5) is 9.96. The van der Waals surface area contributed by atoms with Gasteiger partial charge < -0.3 is 15.0 Å². The number of aliphatic imine (C=N–C) groups is 1. The number of halogens is 4. The Hall–Kier alpha value is -2.04. The van der Waals surface area contributed by atoms with E-state index in [2.05, 4.69) is 15.3 Å². The standard InChI is InChI=1S/C18H21F3N4O.HI/c1-22-17(24-10-11-26-16-4-3-9-23-12-16)25(2)13-14-5-7-15(8-6-14)18(19,20)21;/h3-9,12H,10-11,13H2,1-2H3,(H,22,24);1H. The predicted octanol–water partition coefficient (Wildman–Crippen LogP) is 3.80. The maximum absolute atomic E-state index is 12.6. The molecule has 1 aromatic carbocycles. The van der Waals surface area contributed by atoms with Crippen molar-refractivity contribution in [1.29, 1.82) is 0 Å². The Balaban J connectivity index is 0.00000364. The lowest BCUT2D eigenvalue weighted by Gasteiger charge is -2.22. The molecule has 0 unspecified atom stereocenters. The van der Waals surface area contributed by atoms with Crippen LogP contribution in [0.2, 0.25) is 0 Å². The maximum atomic E-state index is 12.6. The highest BCUT2D eigenvalue weighted by Gasteiger charge is 2.29. The molecule has 0 aliphatic heterocycles. The molecule has 2 aromatic rings. The van der Waals surface area contributed by atoms with Crippen LogP contribution < -0.4 is 10.1 Å². The third-order valence-electron chi connectivity index (χ3n) is 3.56. The van der Waals surface area contributed by atoms with Crippen LogP contribution in [-0.2, 0) is 12.7 Å². The monoisotopic (exact) mass is 494 g/mol. The molecule has 1 N–H and O–H groups in total. The van der Waals surface area contributed by atoms with E-state index in [0.717, 1.165) is 17.7 Å². The Morgan fingerprint density at radius 2 is 1.93 bits per heavy atom. The molecule has 0 saturated heterocycles. The lowest BCUT2D eigenvalue weighted by molar-refractivity contribution is -0.137. The summed E-state index contributed by atoms with van der Waals surface area (Å²) in [5.74, 6) is 1.31. The molecule has 0 bridgehead atoms. The summed E-state index contributed by atoms with van der Waals surface area (Å²) < 4.78 is 43.4. The van der Waals surface area contributed by atoms with Gasteiger partial charge in [0.1, 0.15) is 12.4 Å². The Morgan fingerprint density at radius 3 is 2.48 bits per heavy atom. The van der Waals surface area contributed by atoms with Gasteiger partial charge in [-0.15, -0.1) is 24.0 Å². The van der Waals surface area contributed by atoms with Crippen molar-refractivity contribution in [3.63, 3.8) is 0 Å². The molecule has 9 heteroatoms. The number of aromatic nitrogens is 1. The Kier molecular flexibility index (Phi) is 9.33. The van der Waals surface area contributed by atoms with Crippen LogP contribution in [0.1, 0.15) is 11.1 Å². The first-order valence-electron chi connectivity index (χ1n) is 8.01. The van der Waals surface area contributed by atoms with E-state index in [1.807, 2.05) is 18.0 Å². The van der Waals surface area contributed by atoms with Crippen LogP contribution in [-0.4, -0.2) is 43.1 Å². The van der Waals surface area contributed by atoms with Gasteiger partial charge in [-0.25, -0.2) is 0 Å². The summed E-state index contributed by atoms with van der Waals surface area (Å²) >= 11 is 0. The molecule has 27 heavy (non-hydrogen) atoms. The second kappa shape index (κ2) is 11.0. The molecule has 1 aromatic heterocycles. The Bertz CT molecular complexity index is 709. The van der Waals surface area contributed by atoms with Crippen molar-refractivity contribution >= 4 is 29.9 Å². The predicted molar refractivity (Wildman–Crippen MR) is 109 cm³/mol. The zero-order valence-corrected chi connectivity index (χ0v) is 17.4. The van der Waals surface area contributed by atoms with E-state index in [1.165, 1.54) is 12.1 Å². The molecule has 148 valence electrons. The quantitative estimate of drug-likeness (QED) is 0.288. The molecule has 0 saturated carbocycles. The lowest BCUT2D eigenvalue weighted by Crippen LogP contribution is -2.40. The Morgan fingerprint density at radius 1 is 1.22 bits per heavy atom. The number of benzene rings is 1. The SMILES string of the molecule is CN=C(NCCOc1cccnc1)N(C)Cc1ccc(C(F)(F)F)cc1.I. The highest BCUT2D eigenvalue weighted by atomic mass is 127. The van der Waals surface area contributed by atoms with Gasteiger partial charge in [0.15, 0.2) is 5.96 Å². The first-order chi connectivity index (χ1) is 12.4. The fourth-order valence-electron chi connectivity index (χ4n) is 2.30. The van der Waals surface area contributed by atoms with Crippen molar-refractivity contribution in [3.8, 4) is 5.75 Å². The van der Waals surface area contributed by atoms with Gasteiger partial charge >= 0.3 is 6.18 Å². The molecular weight excluding hydrogens is 472 g/mol. The molecule has 0 aliphatic rings. The molecule has 0 aliphatic carbocycles. The van der Waals surface area contributed by atoms with E-state index < -0.39 is 11.7 Å².